The third-order valence-corrected chi connectivity index (χ3v) is 3.04. The Hall–Kier alpha value is -2.83. The van der Waals surface area contributed by atoms with E-state index >= 15 is 0 Å². The van der Waals surface area contributed by atoms with Gasteiger partial charge in [-0.05, 0) is 24.3 Å². The Labute approximate surface area is 123 Å². The molecule has 1 aromatic heterocycles. The lowest BCUT2D eigenvalue weighted by Crippen LogP contribution is -2.29. The Bertz CT molecular complexity index is 806. The van der Waals surface area contributed by atoms with E-state index in [0.717, 1.165) is 11.0 Å². The number of hydrogen-bond donors (Lipinski definition) is 2. The summed E-state index contributed by atoms with van der Waals surface area (Å²) in [5, 5.41) is 1.82. The second kappa shape index (κ2) is 5.18. The van der Waals surface area contributed by atoms with Crippen molar-refractivity contribution in [3.8, 4) is 11.4 Å². The number of imidazole rings is 1. The quantitative estimate of drug-likeness (QED) is 0.758. The summed E-state index contributed by atoms with van der Waals surface area (Å²) >= 11 is 0. The van der Waals surface area contributed by atoms with Crippen molar-refractivity contribution in [1.82, 2.24) is 9.97 Å². The van der Waals surface area contributed by atoms with Gasteiger partial charge in [-0.2, -0.15) is 13.2 Å². The van der Waals surface area contributed by atoms with E-state index in [9.17, 15) is 18.0 Å². The molecule has 0 aliphatic rings. The van der Waals surface area contributed by atoms with Crippen molar-refractivity contribution in [3.63, 3.8) is 0 Å². The molecule has 1 heterocycles. The van der Waals surface area contributed by atoms with Crippen LogP contribution in [0, 0.1) is 0 Å². The van der Waals surface area contributed by atoms with Crippen LogP contribution in [0.3, 0.4) is 0 Å². The monoisotopic (exact) mass is 305 g/mol. The van der Waals surface area contributed by atoms with Crippen LogP contribution < -0.4 is 5.32 Å². The van der Waals surface area contributed by atoms with Gasteiger partial charge in [0.1, 0.15) is 5.82 Å². The SMILES string of the molecule is O=C(Nc1cccc(-c2nc3ccccc3[nH]2)c1)C(F)(F)F. The van der Waals surface area contributed by atoms with Gasteiger partial charge in [-0.15, -0.1) is 0 Å². The van der Waals surface area contributed by atoms with Gasteiger partial charge in [0.05, 0.1) is 11.0 Å². The van der Waals surface area contributed by atoms with Crippen molar-refractivity contribution >= 4 is 22.6 Å². The van der Waals surface area contributed by atoms with Gasteiger partial charge in [0, 0.05) is 11.3 Å². The Kier molecular flexibility index (Phi) is 3.32. The standard InChI is InChI=1S/C15H10F3N3O/c16-15(17,18)14(22)19-10-5-3-4-9(8-10)13-20-11-6-1-2-7-12(11)21-13/h1-8H,(H,19,22)(H,20,21). The van der Waals surface area contributed by atoms with Crippen molar-refractivity contribution in [2.75, 3.05) is 5.32 Å². The zero-order valence-corrected chi connectivity index (χ0v) is 11.1. The number of hydrogen-bond acceptors (Lipinski definition) is 2. The molecule has 0 unspecified atom stereocenters. The van der Waals surface area contributed by atoms with Crippen molar-refractivity contribution in [1.29, 1.82) is 0 Å². The highest BCUT2D eigenvalue weighted by Crippen LogP contribution is 2.24. The molecule has 4 nitrogen and oxygen atoms in total. The fraction of sp³-hybridized carbons (Fsp3) is 0.0667. The molecule has 0 aliphatic carbocycles. The smallest absolute Gasteiger partial charge is 0.338 e. The first kappa shape index (κ1) is 14.1. The van der Waals surface area contributed by atoms with Crippen LogP contribution >= 0.6 is 0 Å². The second-order valence-corrected chi connectivity index (χ2v) is 4.64. The molecule has 0 saturated carbocycles. The number of amides is 1. The molecule has 3 rings (SSSR count). The minimum atomic E-state index is -4.92. The van der Waals surface area contributed by atoms with Gasteiger partial charge in [0.25, 0.3) is 0 Å². The Morgan fingerprint density at radius 2 is 1.86 bits per heavy atom. The van der Waals surface area contributed by atoms with Crippen molar-refractivity contribution in [2.45, 2.75) is 6.18 Å². The zero-order chi connectivity index (χ0) is 15.7. The number of nitrogens with zero attached hydrogens (tertiary/aromatic N) is 1. The Balaban J connectivity index is 1.92. The summed E-state index contributed by atoms with van der Waals surface area (Å²) in [6.45, 7) is 0. The van der Waals surface area contributed by atoms with E-state index in [-0.39, 0.29) is 5.69 Å². The minimum Gasteiger partial charge on any atom is -0.338 e. The summed E-state index contributed by atoms with van der Waals surface area (Å²) in [7, 11) is 0. The predicted octanol–water partition coefficient (Wildman–Crippen LogP) is 3.73. The molecule has 0 bridgehead atoms. The molecule has 112 valence electrons. The minimum absolute atomic E-state index is 0.0558. The first-order valence-corrected chi connectivity index (χ1v) is 6.37. The number of nitrogens with one attached hydrogen (secondary N) is 2. The third kappa shape index (κ3) is 2.78. The van der Waals surface area contributed by atoms with E-state index < -0.39 is 12.1 Å². The second-order valence-electron chi connectivity index (χ2n) is 4.64. The van der Waals surface area contributed by atoms with Crippen LogP contribution in [0.1, 0.15) is 0 Å². The molecular weight excluding hydrogens is 295 g/mol. The predicted molar refractivity (Wildman–Crippen MR) is 76.2 cm³/mol. The fourth-order valence-corrected chi connectivity index (χ4v) is 2.04. The number of rotatable bonds is 2. The fourth-order valence-electron chi connectivity index (χ4n) is 2.04. The number of carbonyl (C=O) groups is 1. The number of alkyl halides is 3. The number of aromatic nitrogens is 2. The normalized spacial score (nSPS) is 11.6. The number of carbonyl (C=O) groups excluding carboxylic acids is 1. The summed E-state index contributed by atoms with van der Waals surface area (Å²) in [6, 6.07) is 13.4. The van der Waals surface area contributed by atoms with Gasteiger partial charge in [-0.3, -0.25) is 4.79 Å². The first-order valence-electron chi connectivity index (χ1n) is 6.37. The maximum atomic E-state index is 12.3. The average molecular weight is 305 g/mol. The molecule has 3 aromatic rings. The van der Waals surface area contributed by atoms with Crippen molar-refractivity contribution < 1.29 is 18.0 Å². The molecule has 0 saturated heterocycles. The van der Waals surface area contributed by atoms with Gasteiger partial charge in [-0.1, -0.05) is 24.3 Å². The first-order chi connectivity index (χ1) is 10.4. The maximum absolute atomic E-state index is 12.3. The summed E-state index contributed by atoms with van der Waals surface area (Å²) in [5.41, 5.74) is 2.21. The van der Waals surface area contributed by atoms with Crippen LogP contribution in [0.4, 0.5) is 18.9 Å². The van der Waals surface area contributed by atoms with Crippen LogP contribution in [0.5, 0.6) is 0 Å². The van der Waals surface area contributed by atoms with E-state index in [1.807, 2.05) is 29.6 Å². The number of aromatic amines is 1. The maximum Gasteiger partial charge on any atom is 0.471 e. The number of fused-ring (bicyclic) bond motifs is 1. The summed E-state index contributed by atoms with van der Waals surface area (Å²) in [6.07, 6.45) is -4.92. The highest BCUT2D eigenvalue weighted by molar-refractivity contribution is 5.95. The molecule has 0 atom stereocenters. The van der Waals surface area contributed by atoms with E-state index in [1.54, 1.807) is 12.1 Å². The molecule has 2 aromatic carbocycles. The lowest BCUT2D eigenvalue weighted by Gasteiger charge is -2.08. The third-order valence-electron chi connectivity index (χ3n) is 3.04. The van der Waals surface area contributed by atoms with Crippen LogP contribution in [0.25, 0.3) is 22.4 Å². The molecule has 0 spiro atoms. The van der Waals surface area contributed by atoms with Gasteiger partial charge in [0.2, 0.25) is 0 Å². The summed E-state index contributed by atoms with van der Waals surface area (Å²) < 4.78 is 36.8. The number of anilines is 1. The van der Waals surface area contributed by atoms with E-state index in [0.29, 0.717) is 11.4 Å². The summed E-state index contributed by atoms with van der Waals surface area (Å²) in [5.74, 6) is -1.49. The molecule has 7 heteroatoms. The Morgan fingerprint density at radius 1 is 1.09 bits per heavy atom. The average Bonchev–Trinajstić information content (AvgIpc) is 2.90. The van der Waals surface area contributed by atoms with Crippen LogP contribution in [0.2, 0.25) is 0 Å². The molecule has 2 N–H and O–H groups in total. The molecule has 0 fully saturated rings. The van der Waals surface area contributed by atoms with E-state index in [2.05, 4.69) is 9.97 Å². The molecular formula is C15H10F3N3O. The van der Waals surface area contributed by atoms with Crippen LogP contribution in [0.15, 0.2) is 48.5 Å². The number of halogens is 3. The lowest BCUT2D eigenvalue weighted by molar-refractivity contribution is -0.167. The van der Waals surface area contributed by atoms with Crippen molar-refractivity contribution in [3.05, 3.63) is 48.5 Å². The van der Waals surface area contributed by atoms with Crippen LogP contribution in [-0.2, 0) is 4.79 Å². The number of benzene rings is 2. The lowest BCUT2D eigenvalue weighted by atomic mass is 10.2. The van der Waals surface area contributed by atoms with Gasteiger partial charge in [-0.25, -0.2) is 4.98 Å². The van der Waals surface area contributed by atoms with Gasteiger partial charge in [0.15, 0.2) is 0 Å². The zero-order valence-electron chi connectivity index (χ0n) is 11.1. The molecule has 0 radical (unpaired) electrons. The van der Waals surface area contributed by atoms with Gasteiger partial charge >= 0.3 is 12.1 Å². The van der Waals surface area contributed by atoms with Crippen LogP contribution in [-0.4, -0.2) is 22.1 Å². The topological polar surface area (TPSA) is 57.8 Å². The number of para-hydroxylation sites is 2. The van der Waals surface area contributed by atoms with E-state index in [4.69, 9.17) is 0 Å². The highest BCUT2D eigenvalue weighted by Gasteiger charge is 2.38. The molecule has 1 amide bonds. The Morgan fingerprint density at radius 3 is 2.59 bits per heavy atom. The highest BCUT2D eigenvalue weighted by atomic mass is 19.4. The summed E-state index contributed by atoms with van der Waals surface area (Å²) in [4.78, 5) is 18.4. The molecule has 22 heavy (non-hydrogen) atoms. The van der Waals surface area contributed by atoms with Gasteiger partial charge < -0.3 is 10.3 Å². The van der Waals surface area contributed by atoms with E-state index in [1.165, 1.54) is 12.1 Å². The largest absolute Gasteiger partial charge is 0.471 e. The van der Waals surface area contributed by atoms with Crippen molar-refractivity contribution in [2.24, 2.45) is 0 Å². The number of H-pyrrole nitrogens is 1. The molecule has 0 aliphatic heterocycles.